The normalized spacial score (nSPS) is 10.8. The molecule has 0 saturated heterocycles. The molecule has 0 saturated carbocycles. The van der Waals surface area contributed by atoms with Crippen molar-refractivity contribution in [2.45, 2.75) is 59.1 Å². The minimum Gasteiger partial charge on any atom is -0.493 e. The summed E-state index contributed by atoms with van der Waals surface area (Å²) in [5, 5.41) is 3.52. The molecule has 3 nitrogen and oxygen atoms in total. The van der Waals surface area contributed by atoms with Crippen molar-refractivity contribution in [2.75, 3.05) is 13.7 Å². The number of nitrogens with one attached hydrogen (secondary N) is 1. The molecule has 2 aromatic carbocycles. The van der Waals surface area contributed by atoms with Crippen LogP contribution in [-0.4, -0.2) is 13.7 Å². The second kappa shape index (κ2) is 12.0. The van der Waals surface area contributed by atoms with Crippen molar-refractivity contribution in [1.29, 1.82) is 0 Å². The van der Waals surface area contributed by atoms with Crippen LogP contribution in [0.25, 0.3) is 0 Å². The van der Waals surface area contributed by atoms with Crippen LogP contribution in [-0.2, 0) is 13.2 Å². The minimum absolute atomic E-state index is 0.518. The molecule has 0 heterocycles. The molecule has 27 heavy (non-hydrogen) atoms. The van der Waals surface area contributed by atoms with Gasteiger partial charge in [0.2, 0.25) is 0 Å². The smallest absolute Gasteiger partial charge is 0.175 e. The molecule has 0 aliphatic heterocycles. The third-order valence-corrected chi connectivity index (χ3v) is 5.17. The van der Waals surface area contributed by atoms with Gasteiger partial charge in [-0.05, 0) is 59.1 Å². The molecule has 2 rings (SSSR count). The Bertz CT molecular complexity index is 686. The van der Waals surface area contributed by atoms with Gasteiger partial charge in [-0.25, -0.2) is 0 Å². The molecule has 4 heteroatoms. The predicted molar refractivity (Wildman–Crippen MR) is 117 cm³/mol. The van der Waals surface area contributed by atoms with Gasteiger partial charge >= 0.3 is 0 Å². The summed E-state index contributed by atoms with van der Waals surface area (Å²) in [4.78, 5) is 0. The van der Waals surface area contributed by atoms with Crippen LogP contribution in [0.4, 0.5) is 0 Å². The molecule has 0 spiro atoms. The fourth-order valence-electron chi connectivity index (χ4n) is 2.94. The van der Waals surface area contributed by atoms with Crippen LogP contribution in [0.15, 0.2) is 40.9 Å². The molecular weight excluding hydrogens is 402 g/mol. The van der Waals surface area contributed by atoms with E-state index in [4.69, 9.17) is 9.47 Å². The molecule has 148 valence electrons. The first-order valence-electron chi connectivity index (χ1n) is 9.89. The van der Waals surface area contributed by atoms with Gasteiger partial charge in [-0.1, -0.05) is 62.4 Å². The van der Waals surface area contributed by atoms with E-state index in [0.29, 0.717) is 6.61 Å². The lowest BCUT2D eigenvalue weighted by molar-refractivity contribution is 0.282. The maximum Gasteiger partial charge on any atom is 0.175 e. The molecule has 2 aromatic rings. The highest BCUT2D eigenvalue weighted by Gasteiger charge is 2.12. The zero-order valence-corrected chi connectivity index (χ0v) is 18.4. The number of aryl methyl sites for hydroxylation is 1. The number of methoxy groups -OCH3 is 1. The summed E-state index contributed by atoms with van der Waals surface area (Å²) in [6.07, 6.45) is 6.51. The third kappa shape index (κ3) is 7.55. The first kappa shape index (κ1) is 21.8. The van der Waals surface area contributed by atoms with Gasteiger partial charge in [0.05, 0.1) is 11.6 Å². The average Bonchev–Trinajstić information content (AvgIpc) is 2.67. The zero-order valence-electron chi connectivity index (χ0n) is 16.8. The Hall–Kier alpha value is -1.52. The van der Waals surface area contributed by atoms with Crippen LogP contribution in [0, 0.1) is 6.92 Å². The molecule has 0 aliphatic carbocycles. The fourth-order valence-corrected chi connectivity index (χ4v) is 3.55. The standard InChI is InChI=1S/C23H32BrNO2/c1-4-5-6-7-8-13-25-16-20-14-21(24)23(22(15-20)26-3)27-17-19-11-9-18(2)10-12-19/h9-12,14-15,25H,4-8,13,16-17H2,1-3H3. The Morgan fingerprint density at radius 2 is 1.70 bits per heavy atom. The van der Waals surface area contributed by atoms with Gasteiger partial charge in [0.25, 0.3) is 0 Å². The van der Waals surface area contributed by atoms with E-state index < -0.39 is 0 Å². The number of halogens is 1. The van der Waals surface area contributed by atoms with Crippen molar-refractivity contribution in [3.05, 3.63) is 57.6 Å². The monoisotopic (exact) mass is 433 g/mol. The Labute approximate surface area is 172 Å². The maximum absolute atomic E-state index is 6.03. The van der Waals surface area contributed by atoms with Gasteiger partial charge in [0.15, 0.2) is 11.5 Å². The lowest BCUT2D eigenvalue weighted by Gasteiger charge is -2.15. The number of rotatable bonds is 12. The summed E-state index contributed by atoms with van der Waals surface area (Å²) in [7, 11) is 1.69. The number of unbranched alkanes of at least 4 members (excludes halogenated alkanes) is 4. The SMILES string of the molecule is CCCCCCCNCc1cc(Br)c(OCc2ccc(C)cc2)c(OC)c1. The van der Waals surface area contributed by atoms with Gasteiger partial charge in [-0.2, -0.15) is 0 Å². The Morgan fingerprint density at radius 1 is 0.963 bits per heavy atom. The van der Waals surface area contributed by atoms with E-state index >= 15 is 0 Å². The van der Waals surface area contributed by atoms with Crippen LogP contribution in [0.2, 0.25) is 0 Å². The highest BCUT2D eigenvalue weighted by Crippen LogP contribution is 2.37. The van der Waals surface area contributed by atoms with E-state index in [1.807, 2.05) is 0 Å². The van der Waals surface area contributed by atoms with Crippen molar-refractivity contribution in [2.24, 2.45) is 0 Å². The van der Waals surface area contributed by atoms with Crippen LogP contribution >= 0.6 is 15.9 Å². The van der Waals surface area contributed by atoms with E-state index in [2.05, 4.69) is 71.5 Å². The summed E-state index contributed by atoms with van der Waals surface area (Å²) in [5.74, 6) is 1.51. The quantitative estimate of drug-likeness (QED) is 0.392. The maximum atomic E-state index is 6.03. The molecule has 0 aromatic heterocycles. The van der Waals surface area contributed by atoms with Gasteiger partial charge in [0, 0.05) is 6.54 Å². The minimum atomic E-state index is 0.518. The Balaban J connectivity index is 1.88. The summed E-state index contributed by atoms with van der Waals surface area (Å²) < 4.78 is 12.5. The van der Waals surface area contributed by atoms with Gasteiger partial charge in [-0.3, -0.25) is 0 Å². The van der Waals surface area contributed by atoms with Crippen LogP contribution in [0.1, 0.15) is 55.7 Å². The van der Waals surface area contributed by atoms with Crippen LogP contribution in [0.3, 0.4) is 0 Å². The molecule has 0 aliphatic rings. The Kier molecular flexibility index (Phi) is 9.71. The topological polar surface area (TPSA) is 30.5 Å². The van der Waals surface area contributed by atoms with E-state index in [-0.39, 0.29) is 0 Å². The van der Waals surface area contributed by atoms with E-state index in [9.17, 15) is 0 Å². The molecule has 0 bridgehead atoms. The van der Waals surface area contributed by atoms with E-state index in [1.165, 1.54) is 43.2 Å². The number of ether oxygens (including phenoxy) is 2. The van der Waals surface area contributed by atoms with Crippen molar-refractivity contribution in [1.82, 2.24) is 5.32 Å². The number of hydrogen-bond acceptors (Lipinski definition) is 3. The second-order valence-electron chi connectivity index (χ2n) is 6.97. The largest absolute Gasteiger partial charge is 0.493 e. The highest BCUT2D eigenvalue weighted by atomic mass is 79.9. The summed E-state index contributed by atoms with van der Waals surface area (Å²) >= 11 is 3.64. The molecule has 0 radical (unpaired) electrons. The van der Waals surface area contributed by atoms with E-state index in [0.717, 1.165) is 34.6 Å². The molecule has 0 amide bonds. The first-order chi connectivity index (χ1) is 13.1. The molecule has 0 atom stereocenters. The van der Waals surface area contributed by atoms with Gasteiger partial charge in [0.1, 0.15) is 6.61 Å². The fraction of sp³-hybridized carbons (Fsp3) is 0.478. The number of hydrogen-bond donors (Lipinski definition) is 1. The van der Waals surface area contributed by atoms with Gasteiger partial charge < -0.3 is 14.8 Å². The third-order valence-electron chi connectivity index (χ3n) is 4.58. The van der Waals surface area contributed by atoms with Crippen molar-refractivity contribution in [3.63, 3.8) is 0 Å². The zero-order chi connectivity index (χ0) is 19.5. The summed E-state index contributed by atoms with van der Waals surface area (Å²) in [6.45, 7) is 6.74. The molecule has 0 fully saturated rings. The lowest BCUT2D eigenvalue weighted by atomic mass is 10.1. The summed E-state index contributed by atoms with van der Waals surface area (Å²) in [6, 6.07) is 12.5. The van der Waals surface area contributed by atoms with Crippen molar-refractivity contribution >= 4 is 15.9 Å². The first-order valence-corrected chi connectivity index (χ1v) is 10.7. The Morgan fingerprint density at radius 3 is 2.41 bits per heavy atom. The highest BCUT2D eigenvalue weighted by molar-refractivity contribution is 9.10. The predicted octanol–water partition coefficient (Wildman–Crippen LogP) is 6.41. The van der Waals surface area contributed by atoms with Crippen molar-refractivity contribution in [3.8, 4) is 11.5 Å². The lowest BCUT2D eigenvalue weighted by Crippen LogP contribution is -2.14. The van der Waals surface area contributed by atoms with Crippen LogP contribution in [0.5, 0.6) is 11.5 Å². The second-order valence-corrected chi connectivity index (χ2v) is 7.83. The van der Waals surface area contributed by atoms with Crippen molar-refractivity contribution < 1.29 is 9.47 Å². The average molecular weight is 434 g/mol. The van der Waals surface area contributed by atoms with E-state index in [1.54, 1.807) is 7.11 Å². The number of benzene rings is 2. The summed E-state index contributed by atoms with van der Waals surface area (Å²) in [5.41, 5.74) is 3.58. The van der Waals surface area contributed by atoms with Crippen LogP contribution < -0.4 is 14.8 Å². The molecule has 0 unspecified atom stereocenters. The molecule has 1 N–H and O–H groups in total. The molecular formula is C23H32BrNO2. The van der Waals surface area contributed by atoms with Gasteiger partial charge in [-0.15, -0.1) is 0 Å².